The predicted octanol–water partition coefficient (Wildman–Crippen LogP) is 4.53. The van der Waals surface area contributed by atoms with E-state index in [1.165, 1.54) is 18.2 Å². The fourth-order valence-corrected chi connectivity index (χ4v) is 3.17. The van der Waals surface area contributed by atoms with E-state index in [2.05, 4.69) is 22.1 Å². The van der Waals surface area contributed by atoms with E-state index in [0.717, 1.165) is 6.07 Å². The molecule has 5 nitrogen and oxygen atoms in total. The summed E-state index contributed by atoms with van der Waals surface area (Å²) >= 11 is 5.98. The Morgan fingerprint density at radius 2 is 1.84 bits per heavy atom. The standard InChI is InChI=1S/C25H22ClFN2O3/c1-15-12-16(10-11-25(2,3)32)13-21(28-15)24(31)29-23(17-4-6-18(26)7-5-17)20-14-19(27)8-9-22(20)30/h4-9,12-14,23,30,32H,1-3H3,(H,29,31)/t23-/m0/s1. The van der Waals surface area contributed by atoms with Gasteiger partial charge in [0, 0.05) is 21.8 Å². The highest BCUT2D eigenvalue weighted by Gasteiger charge is 2.22. The molecule has 0 aliphatic rings. The highest BCUT2D eigenvalue weighted by atomic mass is 35.5. The normalized spacial score (nSPS) is 11.9. The first-order valence-corrected chi connectivity index (χ1v) is 10.2. The van der Waals surface area contributed by atoms with Crippen LogP contribution in [0, 0.1) is 24.6 Å². The second-order valence-corrected chi connectivity index (χ2v) is 8.29. The van der Waals surface area contributed by atoms with Gasteiger partial charge in [0.15, 0.2) is 0 Å². The van der Waals surface area contributed by atoms with Crippen LogP contribution in [-0.2, 0) is 0 Å². The van der Waals surface area contributed by atoms with Gasteiger partial charge < -0.3 is 15.5 Å². The molecular weight excluding hydrogens is 431 g/mol. The molecule has 1 heterocycles. The molecule has 1 atom stereocenters. The van der Waals surface area contributed by atoms with Crippen molar-refractivity contribution >= 4 is 17.5 Å². The minimum Gasteiger partial charge on any atom is -0.508 e. The fourth-order valence-electron chi connectivity index (χ4n) is 3.04. The maximum atomic E-state index is 13.9. The number of phenols is 1. The van der Waals surface area contributed by atoms with Crippen LogP contribution < -0.4 is 5.32 Å². The maximum absolute atomic E-state index is 13.9. The van der Waals surface area contributed by atoms with Crippen LogP contribution in [0.5, 0.6) is 5.75 Å². The Labute approximate surface area is 190 Å². The van der Waals surface area contributed by atoms with E-state index >= 15 is 0 Å². The van der Waals surface area contributed by atoms with Crippen LogP contribution in [0.4, 0.5) is 4.39 Å². The molecule has 32 heavy (non-hydrogen) atoms. The number of carbonyl (C=O) groups is 1. The molecular formula is C25H22ClFN2O3. The number of nitrogens with zero attached hydrogens (tertiary/aromatic N) is 1. The van der Waals surface area contributed by atoms with Gasteiger partial charge in [-0.2, -0.15) is 0 Å². The van der Waals surface area contributed by atoms with Gasteiger partial charge in [-0.15, -0.1) is 0 Å². The first-order valence-electron chi connectivity index (χ1n) is 9.81. The third-order valence-electron chi connectivity index (χ3n) is 4.48. The molecule has 1 aromatic heterocycles. The van der Waals surface area contributed by atoms with Crippen LogP contribution in [0.3, 0.4) is 0 Å². The summed E-state index contributed by atoms with van der Waals surface area (Å²) in [4.78, 5) is 17.4. The highest BCUT2D eigenvalue weighted by Crippen LogP contribution is 2.31. The average Bonchev–Trinajstić information content (AvgIpc) is 2.72. The van der Waals surface area contributed by atoms with Gasteiger partial charge in [-0.3, -0.25) is 4.79 Å². The van der Waals surface area contributed by atoms with E-state index in [0.29, 0.717) is 21.8 Å². The first kappa shape index (κ1) is 23.3. The van der Waals surface area contributed by atoms with Crippen molar-refractivity contribution in [1.82, 2.24) is 10.3 Å². The Morgan fingerprint density at radius 3 is 2.50 bits per heavy atom. The fraction of sp³-hybridized carbons (Fsp3) is 0.200. The van der Waals surface area contributed by atoms with E-state index in [1.54, 1.807) is 51.1 Å². The number of pyridine rings is 1. The molecule has 0 radical (unpaired) electrons. The van der Waals surface area contributed by atoms with Gasteiger partial charge in [-0.1, -0.05) is 35.6 Å². The van der Waals surface area contributed by atoms with Crippen LogP contribution in [0.2, 0.25) is 5.02 Å². The number of aromatic nitrogens is 1. The summed E-state index contributed by atoms with van der Waals surface area (Å²) in [6.07, 6.45) is 0. The minimum absolute atomic E-state index is 0.0971. The number of hydrogen-bond donors (Lipinski definition) is 3. The van der Waals surface area contributed by atoms with Crippen molar-refractivity contribution < 1.29 is 19.4 Å². The molecule has 3 aromatic rings. The lowest BCUT2D eigenvalue weighted by atomic mass is 9.97. The Kier molecular flexibility index (Phi) is 6.83. The summed E-state index contributed by atoms with van der Waals surface area (Å²) in [5.41, 5.74) is 0.776. The molecule has 1 amide bonds. The number of benzene rings is 2. The van der Waals surface area contributed by atoms with E-state index < -0.39 is 23.4 Å². The van der Waals surface area contributed by atoms with Gasteiger partial charge >= 0.3 is 0 Å². The number of hydrogen-bond acceptors (Lipinski definition) is 4. The van der Waals surface area contributed by atoms with Gasteiger partial charge in [0.1, 0.15) is 22.9 Å². The monoisotopic (exact) mass is 452 g/mol. The molecule has 0 aliphatic heterocycles. The molecule has 2 aromatic carbocycles. The lowest BCUT2D eigenvalue weighted by molar-refractivity contribution is 0.0937. The molecule has 7 heteroatoms. The summed E-state index contributed by atoms with van der Waals surface area (Å²) in [6.45, 7) is 4.84. The quantitative estimate of drug-likeness (QED) is 0.508. The minimum atomic E-state index is -1.19. The van der Waals surface area contributed by atoms with Crippen LogP contribution in [0.25, 0.3) is 0 Å². The third kappa shape index (κ3) is 6.07. The number of aryl methyl sites for hydroxylation is 1. The molecule has 0 saturated heterocycles. The summed E-state index contributed by atoms with van der Waals surface area (Å²) in [6, 6.07) is 12.5. The zero-order valence-corrected chi connectivity index (χ0v) is 18.5. The van der Waals surface area contributed by atoms with E-state index in [-0.39, 0.29) is 17.0 Å². The second kappa shape index (κ2) is 9.39. The van der Waals surface area contributed by atoms with Gasteiger partial charge in [-0.05, 0) is 68.8 Å². The Hall–Kier alpha value is -3.40. The second-order valence-electron chi connectivity index (χ2n) is 7.85. The first-order chi connectivity index (χ1) is 15.0. The summed E-state index contributed by atoms with van der Waals surface area (Å²) in [5, 5.41) is 23.5. The number of carbonyl (C=O) groups excluding carboxylic acids is 1. The Bertz CT molecular complexity index is 1210. The number of phenolic OH excluding ortho intramolecular Hbond substituents is 1. The molecule has 0 bridgehead atoms. The number of rotatable bonds is 4. The number of amides is 1. The molecule has 164 valence electrons. The van der Waals surface area contributed by atoms with Crippen LogP contribution >= 0.6 is 11.6 Å². The van der Waals surface area contributed by atoms with Gasteiger partial charge in [-0.25, -0.2) is 9.37 Å². The summed E-state index contributed by atoms with van der Waals surface area (Å²) in [5.74, 6) is 4.28. The van der Waals surface area contributed by atoms with Crippen molar-refractivity contribution in [3.05, 3.63) is 93.5 Å². The van der Waals surface area contributed by atoms with Crippen molar-refractivity contribution in [2.24, 2.45) is 0 Å². The smallest absolute Gasteiger partial charge is 0.270 e. The molecule has 0 saturated carbocycles. The average molecular weight is 453 g/mol. The molecule has 0 unspecified atom stereocenters. The zero-order valence-electron chi connectivity index (χ0n) is 17.8. The van der Waals surface area contributed by atoms with E-state index in [9.17, 15) is 19.4 Å². The van der Waals surface area contributed by atoms with Crippen molar-refractivity contribution in [3.63, 3.8) is 0 Å². The molecule has 3 N–H and O–H groups in total. The van der Waals surface area contributed by atoms with E-state index in [1.807, 2.05) is 0 Å². The Balaban J connectivity index is 2.00. The third-order valence-corrected chi connectivity index (χ3v) is 4.73. The SMILES string of the molecule is Cc1cc(C#CC(C)(C)O)cc(C(=O)N[C@@H](c2ccc(Cl)cc2)c2cc(F)ccc2O)n1. The summed E-state index contributed by atoms with van der Waals surface area (Å²) < 4.78 is 13.9. The Morgan fingerprint density at radius 1 is 1.16 bits per heavy atom. The maximum Gasteiger partial charge on any atom is 0.270 e. The van der Waals surface area contributed by atoms with Crippen molar-refractivity contribution in [3.8, 4) is 17.6 Å². The highest BCUT2D eigenvalue weighted by molar-refractivity contribution is 6.30. The van der Waals surface area contributed by atoms with Crippen molar-refractivity contribution in [2.75, 3.05) is 0 Å². The lowest BCUT2D eigenvalue weighted by Gasteiger charge is -2.21. The molecule has 0 spiro atoms. The number of aromatic hydroxyl groups is 1. The molecule has 0 fully saturated rings. The van der Waals surface area contributed by atoms with Crippen molar-refractivity contribution in [1.29, 1.82) is 0 Å². The zero-order chi connectivity index (χ0) is 23.5. The van der Waals surface area contributed by atoms with Crippen LogP contribution in [0.1, 0.15) is 52.8 Å². The molecule has 0 aliphatic carbocycles. The van der Waals surface area contributed by atoms with Crippen LogP contribution in [0.15, 0.2) is 54.6 Å². The topological polar surface area (TPSA) is 82.5 Å². The lowest BCUT2D eigenvalue weighted by Crippen LogP contribution is -2.30. The van der Waals surface area contributed by atoms with Gasteiger partial charge in [0.25, 0.3) is 5.91 Å². The number of aliphatic hydroxyl groups is 1. The largest absolute Gasteiger partial charge is 0.508 e. The predicted molar refractivity (Wildman–Crippen MR) is 121 cm³/mol. The van der Waals surface area contributed by atoms with Crippen molar-refractivity contribution in [2.45, 2.75) is 32.4 Å². The number of nitrogens with one attached hydrogen (secondary N) is 1. The summed E-state index contributed by atoms with van der Waals surface area (Å²) in [7, 11) is 0. The van der Waals surface area contributed by atoms with Gasteiger partial charge in [0.05, 0.1) is 6.04 Å². The molecule has 3 rings (SSSR count). The van der Waals surface area contributed by atoms with Crippen LogP contribution in [-0.4, -0.2) is 26.7 Å². The number of halogens is 2. The van der Waals surface area contributed by atoms with E-state index in [4.69, 9.17) is 11.6 Å². The van der Waals surface area contributed by atoms with Gasteiger partial charge in [0.2, 0.25) is 0 Å².